The third-order valence-electron chi connectivity index (χ3n) is 11.7. The number of hydrogen-bond donors (Lipinski definition) is 1. The molecule has 7 aliphatic carbocycles. The van der Waals surface area contributed by atoms with E-state index in [-0.39, 0.29) is 23.0 Å². The molecule has 1 aromatic heterocycles. The second kappa shape index (κ2) is 8.35. The fraction of sp³-hybridized carbons (Fsp3) is 0.559. The average Bonchev–Trinajstić information content (AvgIpc) is 3.61. The van der Waals surface area contributed by atoms with Crippen molar-refractivity contribution < 1.29 is 18.4 Å². The van der Waals surface area contributed by atoms with Crippen LogP contribution in [0.1, 0.15) is 95.2 Å². The Morgan fingerprint density at radius 3 is 2.48 bits per heavy atom. The van der Waals surface area contributed by atoms with Crippen LogP contribution < -0.4 is 15.0 Å². The van der Waals surface area contributed by atoms with Crippen LogP contribution >= 0.6 is 0 Å². The van der Waals surface area contributed by atoms with Crippen LogP contribution in [-0.2, 0) is 10.2 Å². The van der Waals surface area contributed by atoms with Gasteiger partial charge in [0.1, 0.15) is 11.4 Å². The molecule has 1 aliphatic heterocycles. The molecule has 218 valence electrons. The number of carbonyl (C=O) groups is 1. The van der Waals surface area contributed by atoms with Crippen LogP contribution in [0.15, 0.2) is 47.0 Å². The summed E-state index contributed by atoms with van der Waals surface area (Å²) < 4.78 is 26.1. The highest BCUT2D eigenvalue weighted by Gasteiger charge is 2.72. The Morgan fingerprint density at radius 2 is 1.76 bits per heavy atom. The van der Waals surface area contributed by atoms with E-state index in [4.69, 9.17) is 14.2 Å². The van der Waals surface area contributed by atoms with Crippen LogP contribution in [0.4, 0.5) is 15.8 Å². The summed E-state index contributed by atoms with van der Waals surface area (Å²) in [4.78, 5) is 20.2. The molecule has 1 N–H and O–H groups in total. The van der Waals surface area contributed by atoms with Crippen LogP contribution in [0.25, 0.3) is 11.1 Å². The Balaban J connectivity index is 0.920. The zero-order valence-corrected chi connectivity index (χ0v) is 24.1. The summed E-state index contributed by atoms with van der Waals surface area (Å²) in [5.41, 5.74) is 2.78. The third-order valence-corrected chi connectivity index (χ3v) is 11.7. The Kier molecular flexibility index (Phi) is 5.00. The summed E-state index contributed by atoms with van der Waals surface area (Å²) >= 11 is 0. The van der Waals surface area contributed by atoms with Crippen LogP contribution in [0.5, 0.6) is 5.75 Å². The Labute approximate surface area is 245 Å². The molecule has 7 fully saturated rings. The van der Waals surface area contributed by atoms with Gasteiger partial charge in [0.2, 0.25) is 11.8 Å². The highest BCUT2D eigenvalue weighted by molar-refractivity contribution is 5.98. The maximum atomic E-state index is 14.0. The molecule has 42 heavy (non-hydrogen) atoms. The van der Waals surface area contributed by atoms with Gasteiger partial charge in [0.25, 0.3) is 0 Å². The number of nitrogens with one attached hydrogen (secondary N) is 1. The molecule has 1 unspecified atom stereocenters. The average molecular weight is 569 g/mol. The lowest BCUT2D eigenvalue weighted by Crippen LogP contribution is -2.68. The maximum absolute atomic E-state index is 14.0. The number of amides is 1. The quantitative estimate of drug-likeness (QED) is 0.323. The first-order valence-corrected chi connectivity index (χ1v) is 15.8. The molecule has 7 saturated carbocycles. The molecular weight excluding hydrogens is 531 g/mol. The first kappa shape index (κ1) is 25.1. The van der Waals surface area contributed by atoms with Crippen molar-refractivity contribution >= 4 is 17.3 Å². The van der Waals surface area contributed by atoms with Gasteiger partial charge >= 0.3 is 0 Å². The number of nitrogens with zero attached hydrogens (tertiary/aromatic N) is 3. The number of hydrogen-bond acceptors (Lipinski definition) is 6. The predicted molar refractivity (Wildman–Crippen MR) is 156 cm³/mol. The van der Waals surface area contributed by atoms with Crippen LogP contribution in [0.3, 0.4) is 0 Å². The van der Waals surface area contributed by atoms with Crippen molar-refractivity contribution in [1.29, 1.82) is 0 Å². The van der Waals surface area contributed by atoms with Gasteiger partial charge in [0.05, 0.1) is 11.1 Å². The molecule has 8 heteroatoms. The summed E-state index contributed by atoms with van der Waals surface area (Å²) in [6.45, 7) is 3.12. The summed E-state index contributed by atoms with van der Waals surface area (Å²) in [7, 11) is 0. The molecule has 11 rings (SSSR count). The minimum atomic E-state index is -1.08. The third kappa shape index (κ3) is 3.72. The second-order valence-electron chi connectivity index (χ2n) is 14.5. The van der Waals surface area contributed by atoms with E-state index in [0.29, 0.717) is 25.2 Å². The molecule has 0 saturated heterocycles. The van der Waals surface area contributed by atoms with E-state index in [0.717, 1.165) is 65.8 Å². The number of rotatable bonds is 7. The molecule has 1 atom stereocenters. The van der Waals surface area contributed by atoms with E-state index < -0.39 is 11.1 Å². The Hall–Kier alpha value is -3.42. The smallest absolute Gasteiger partial charge is 0.232 e. The number of anilines is 2. The minimum absolute atomic E-state index is 0.0206. The summed E-state index contributed by atoms with van der Waals surface area (Å²) in [6, 6.07) is 14.4. The van der Waals surface area contributed by atoms with Gasteiger partial charge in [-0.25, -0.2) is 4.39 Å². The van der Waals surface area contributed by atoms with Crippen molar-refractivity contribution in [2.45, 2.75) is 101 Å². The van der Waals surface area contributed by atoms with Crippen LogP contribution in [0.2, 0.25) is 0 Å². The highest BCUT2D eigenvalue weighted by atomic mass is 19.1. The molecule has 8 aliphatic rings. The van der Waals surface area contributed by atoms with Gasteiger partial charge in [0, 0.05) is 23.6 Å². The van der Waals surface area contributed by atoms with Crippen molar-refractivity contribution in [2.75, 3.05) is 16.8 Å². The molecule has 0 radical (unpaired) electrons. The standard InChI is InChI=1S/C34H37FN4O3/c1-21-39(20-31-9-12-32(13-10-31,14-11-31)30-37-28(38-42-30)22-5-6-22)26-16-24(7-8-27(26)41-21)23-3-2-4-25(15-23)36-29(40)33-17-34(35,18-33)19-33/h2-4,7-8,15-16,21-22H,5-6,9-14,17-20H2,1H3,(H,36,40). The van der Waals surface area contributed by atoms with Crippen molar-refractivity contribution in [3.05, 3.63) is 54.2 Å². The van der Waals surface area contributed by atoms with E-state index >= 15 is 0 Å². The van der Waals surface area contributed by atoms with E-state index in [1.54, 1.807) is 0 Å². The minimum Gasteiger partial charge on any atom is -0.469 e. The van der Waals surface area contributed by atoms with E-state index in [2.05, 4.69) is 46.6 Å². The summed E-state index contributed by atoms with van der Waals surface area (Å²) in [5.74, 6) is 3.22. The van der Waals surface area contributed by atoms with Gasteiger partial charge < -0.3 is 19.5 Å². The summed E-state index contributed by atoms with van der Waals surface area (Å²) in [5, 5.41) is 7.39. The van der Waals surface area contributed by atoms with Gasteiger partial charge in [-0.3, -0.25) is 4.79 Å². The van der Waals surface area contributed by atoms with Gasteiger partial charge in [-0.05, 0) is 118 Å². The number of ether oxygens (including phenoxy) is 1. The van der Waals surface area contributed by atoms with E-state index in [1.165, 1.54) is 32.1 Å². The number of halogens is 1. The van der Waals surface area contributed by atoms with Gasteiger partial charge in [-0.2, -0.15) is 4.98 Å². The Morgan fingerprint density at radius 1 is 1.02 bits per heavy atom. The first-order valence-electron chi connectivity index (χ1n) is 15.8. The van der Waals surface area contributed by atoms with Gasteiger partial charge in [-0.1, -0.05) is 23.4 Å². The number of fused-ring (bicyclic) bond motifs is 4. The lowest BCUT2D eigenvalue weighted by Gasteiger charge is -2.64. The van der Waals surface area contributed by atoms with Crippen molar-refractivity contribution in [3.63, 3.8) is 0 Å². The largest absolute Gasteiger partial charge is 0.469 e. The molecule has 2 heterocycles. The lowest BCUT2D eigenvalue weighted by molar-refractivity contribution is -0.209. The molecule has 2 aromatic carbocycles. The SMILES string of the molecule is CC1Oc2ccc(-c3cccc(NC(=O)C45CC(F)(C4)C5)c3)cc2N1CC12CCC(c3nc(C4CC4)no3)(CC1)CC2. The second-order valence-corrected chi connectivity index (χ2v) is 14.5. The zero-order valence-electron chi connectivity index (χ0n) is 24.1. The highest BCUT2D eigenvalue weighted by Crippen LogP contribution is 2.69. The van der Waals surface area contributed by atoms with Crippen molar-refractivity contribution in [3.8, 4) is 16.9 Å². The molecule has 7 nitrogen and oxygen atoms in total. The molecule has 0 spiro atoms. The fourth-order valence-electron chi connectivity index (χ4n) is 8.76. The molecule has 1 amide bonds. The number of alkyl halides is 1. The molecule has 3 aromatic rings. The number of benzene rings is 2. The van der Waals surface area contributed by atoms with E-state index in [9.17, 15) is 9.18 Å². The summed E-state index contributed by atoms with van der Waals surface area (Å²) in [6.07, 6.45) is 10.3. The van der Waals surface area contributed by atoms with Crippen LogP contribution in [0, 0.1) is 10.8 Å². The predicted octanol–water partition coefficient (Wildman–Crippen LogP) is 7.28. The van der Waals surface area contributed by atoms with Gasteiger partial charge in [0.15, 0.2) is 12.1 Å². The maximum Gasteiger partial charge on any atom is 0.232 e. The van der Waals surface area contributed by atoms with Crippen molar-refractivity contribution in [2.24, 2.45) is 10.8 Å². The lowest BCUT2D eigenvalue weighted by atomic mass is 9.42. The zero-order chi connectivity index (χ0) is 28.3. The first-order chi connectivity index (χ1) is 20.3. The monoisotopic (exact) mass is 568 g/mol. The van der Waals surface area contributed by atoms with Crippen LogP contribution in [-0.4, -0.2) is 34.5 Å². The molecule has 4 bridgehead atoms. The van der Waals surface area contributed by atoms with Gasteiger partial charge in [-0.15, -0.1) is 0 Å². The normalized spacial score (nSPS) is 35.7. The topological polar surface area (TPSA) is 80.5 Å². The molecular formula is C34H37FN4O3. The van der Waals surface area contributed by atoms with Crippen molar-refractivity contribution in [1.82, 2.24) is 10.1 Å². The Bertz CT molecular complexity index is 1570. The number of aromatic nitrogens is 2. The fourth-order valence-corrected chi connectivity index (χ4v) is 8.76. The number of carbonyl (C=O) groups excluding carboxylic acids is 1. The van der Waals surface area contributed by atoms with E-state index in [1.807, 2.05) is 18.2 Å².